The van der Waals surface area contributed by atoms with Crippen LogP contribution < -0.4 is 10.5 Å². The molecule has 1 aromatic heterocycles. The van der Waals surface area contributed by atoms with Crippen LogP contribution in [0.15, 0.2) is 16.7 Å². The molecule has 2 rings (SSSR count). The van der Waals surface area contributed by atoms with E-state index < -0.39 is 0 Å². The maximum Gasteiger partial charge on any atom is 0.240 e. The number of benzene rings is 1. The van der Waals surface area contributed by atoms with E-state index in [-0.39, 0.29) is 12.6 Å². The van der Waals surface area contributed by atoms with Gasteiger partial charge in [-0.25, -0.2) is 0 Å². The van der Waals surface area contributed by atoms with E-state index in [0.29, 0.717) is 11.7 Å². The number of hydrogen-bond acceptors (Lipinski definition) is 5. The molecule has 5 heteroatoms. The Bertz CT molecular complexity index is 570. The molecular formula is C15H21N3O2. The fraction of sp³-hybridized carbons (Fsp3) is 0.467. The van der Waals surface area contributed by atoms with Gasteiger partial charge in [0.15, 0.2) is 0 Å². The van der Waals surface area contributed by atoms with Gasteiger partial charge < -0.3 is 15.0 Å². The van der Waals surface area contributed by atoms with E-state index in [2.05, 4.69) is 24.0 Å². The molecular weight excluding hydrogens is 254 g/mol. The number of rotatable bonds is 5. The molecule has 0 unspecified atom stereocenters. The zero-order chi connectivity index (χ0) is 14.7. The summed E-state index contributed by atoms with van der Waals surface area (Å²) in [5, 5.41) is 3.94. The van der Waals surface area contributed by atoms with E-state index in [1.54, 1.807) is 0 Å². The first-order valence-corrected chi connectivity index (χ1v) is 6.86. The van der Waals surface area contributed by atoms with Gasteiger partial charge in [0, 0.05) is 5.56 Å². The monoisotopic (exact) mass is 275 g/mol. The van der Waals surface area contributed by atoms with Gasteiger partial charge in [-0.1, -0.05) is 12.1 Å². The van der Waals surface area contributed by atoms with Crippen LogP contribution in [0, 0.1) is 13.8 Å². The summed E-state index contributed by atoms with van der Waals surface area (Å²) in [7, 11) is 0. The van der Waals surface area contributed by atoms with Gasteiger partial charge in [-0.15, -0.1) is 0 Å². The molecule has 0 bridgehead atoms. The Morgan fingerprint density at radius 3 is 2.45 bits per heavy atom. The second-order valence-corrected chi connectivity index (χ2v) is 4.99. The van der Waals surface area contributed by atoms with Crippen molar-refractivity contribution in [2.75, 3.05) is 0 Å². The first-order chi connectivity index (χ1) is 9.55. The minimum absolute atomic E-state index is 0.201. The van der Waals surface area contributed by atoms with Crippen molar-refractivity contribution in [2.45, 2.75) is 46.8 Å². The van der Waals surface area contributed by atoms with Crippen LogP contribution in [0.3, 0.4) is 0 Å². The molecule has 0 radical (unpaired) electrons. The first kappa shape index (κ1) is 14.5. The fourth-order valence-corrected chi connectivity index (χ4v) is 2.00. The normalized spacial score (nSPS) is 12.4. The lowest BCUT2D eigenvalue weighted by Gasteiger charge is -2.17. The number of nitrogens with zero attached hydrogens (tertiary/aromatic N) is 2. The molecule has 1 aromatic carbocycles. The topological polar surface area (TPSA) is 74.2 Å². The van der Waals surface area contributed by atoms with Crippen molar-refractivity contribution in [2.24, 2.45) is 5.73 Å². The SMILES string of the molecule is CC[C@@H](C)Oc1c(C)cc(-c2noc(CN)n2)cc1C. The molecule has 0 spiro atoms. The molecule has 5 nitrogen and oxygen atoms in total. The fourth-order valence-electron chi connectivity index (χ4n) is 2.00. The molecule has 0 aliphatic heterocycles. The molecule has 0 aliphatic carbocycles. The van der Waals surface area contributed by atoms with Crippen molar-refractivity contribution < 1.29 is 9.26 Å². The molecule has 1 atom stereocenters. The summed E-state index contributed by atoms with van der Waals surface area (Å²) in [6.45, 7) is 8.48. The Morgan fingerprint density at radius 1 is 1.30 bits per heavy atom. The van der Waals surface area contributed by atoms with Crippen LogP contribution in [-0.2, 0) is 6.54 Å². The standard InChI is InChI=1S/C15H21N3O2/c1-5-11(4)19-14-9(2)6-12(7-10(14)3)15-17-13(8-16)20-18-15/h6-7,11H,5,8,16H2,1-4H3/t11-/m1/s1. The van der Waals surface area contributed by atoms with Crippen LogP contribution in [0.4, 0.5) is 0 Å². The van der Waals surface area contributed by atoms with E-state index in [9.17, 15) is 0 Å². The van der Waals surface area contributed by atoms with Crippen molar-refractivity contribution in [1.29, 1.82) is 0 Å². The molecule has 0 fully saturated rings. The average Bonchev–Trinajstić information content (AvgIpc) is 2.91. The molecule has 2 aromatic rings. The zero-order valence-electron chi connectivity index (χ0n) is 12.4. The second-order valence-electron chi connectivity index (χ2n) is 4.99. The van der Waals surface area contributed by atoms with Gasteiger partial charge in [-0.05, 0) is 50.5 Å². The van der Waals surface area contributed by atoms with Gasteiger partial charge in [0.1, 0.15) is 5.75 Å². The highest BCUT2D eigenvalue weighted by molar-refractivity contribution is 5.61. The lowest BCUT2D eigenvalue weighted by atomic mass is 10.0. The Hall–Kier alpha value is -1.88. The Balaban J connectivity index is 2.34. The summed E-state index contributed by atoms with van der Waals surface area (Å²) in [6.07, 6.45) is 1.18. The van der Waals surface area contributed by atoms with Crippen LogP contribution >= 0.6 is 0 Å². The first-order valence-electron chi connectivity index (χ1n) is 6.86. The predicted octanol–water partition coefficient (Wildman–Crippen LogP) is 2.99. The van der Waals surface area contributed by atoms with Crippen molar-refractivity contribution in [1.82, 2.24) is 10.1 Å². The molecule has 2 N–H and O–H groups in total. The van der Waals surface area contributed by atoms with Gasteiger partial charge in [-0.2, -0.15) is 4.98 Å². The summed E-state index contributed by atoms with van der Waals surface area (Å²) in [5.74, 6) is 1.94. The Kier molecular flexibility index (Phi) is 4.39. The molecule has 1 heterocycles. The highest BCUT2D eigenvalue weighted by Gasteiger charge is 2.13. The smallest absolute Gasteiger partial charge is 0.240 e. The van der Waals surface area contributed by atoms with E-state index in [1.807, 2.05) is 26.0 Å². The quantitative estimate of drug-likeness (QED) is 0.908. The van der Waals surface area contributed by atoms with Crippen molar-refractivity contribution in [3.8, 4) is 17.1 Å². The van der Waals surface area contributed by atoms with Gasteiger partial charge in [-0.3, -0.25) is 0 Å². The lowest BCUT2D eigenvalue weighted by molar-refractivity contribution is 0.214. The molecule has 20 heavy (non-hydrogen) atoms. The molecule has 0 saturated heterocycles. The van der Waals surface area contributed by atoms with Gasteiger partial charge in [0.25, 0.3) is 0 Å². The molecule has 108 valence electrons. The van der Waals surface area contributed by atoms with E-state index in [0.717, 1.165) is 28.9 Å². The third-order valence-corrected chi connectivity index (χ3v) is 3.26. The predicted molar refractivity (Wildman–Crippen MR) is 77.5 cm³/mol. The van der Waals surface area contributed by atoms with E-state index in [1.165, 1.54) is 0 Å². The van der Waals surface area contributed by atoms with Gasteiger partial charge in [0.05, 0.1) is 12.6 Å². The number of ether oxygens (including phenoxy) is 1. The number of aryl methyl sites for hydroxylation is 2. The summed E-state index contributed by atoms with van der Waals surface area (Å²) < 4.78 is 11.0. The molecule has 0 amide bonds. The third kappa shape index (κ3) is 2.99. The van der Waals surface area contributed by atoms with Gasteiger partial charge >= 0.3 is 0 Å². The number of hydrogen-bond donors (Lipinski definition) is 1. The van der Waals surface area contributed by atoms with Crippen molar-refractivity contribution in [3.63, 3.8) is 0 Å². The number of aromatic nitrogens is 2. The van der Waals surface area contributed by atoms with Crippen LogP contribution in [0.2, 0.25) is 0 Å². The van der Waals surface area contributed by atoms with Gasteiger partial charge in [0.2, 0.25) is 11.7 Å². The van der Waals surface area contributed by atoms with Crippen LogP contribution in [0.5, 0.6) is 5.75 Å². The highest BCUT2D eigenvalue weighted by atomic mass is 16.5. The maximum absolute atomic E-state index is 5.96. The summed E-state index contributed by atoms with van der Waals surface area (Å²) in [6, 6.07) is 4.02. The summed E-state index contributed by atoms with van der Waals surface area (Å²) in [4.78, 5) is 4.24. The summed E-state index contributed by atoms with van der Waals surface area (Å²) >= 11 is 0. The van der Waals surface area contributed by atoms with Crippen LogP contribution in [0.1, 0.15) is 37.3 Å². The third-order valence-electron chi connectivity index (χ3n) is 3.26. The summed E-state index contributed by atoms with van der Waals surface area (Å²) in [5.41, 5.74) is 8.53. The average molecular weight is 275 g/mol. The molecule has 0 aliphatic rings. The maximum atomic E-state index is 5.96. The molecule has 0 saturated carbocycles. The largest absolute Gasteiger partial charge is 0.490 e. The van der Waals surface area contributed by atoms with E-state index in [4.69, 9.17) is 15.0 Å². The Morgan fingerprint density at radius 2 is 1.95 bits per heavy atom. The Labute approximate surface area is 119 Å². The van der Waals surface area contributed by atoms with Crippen LogP contribution in [0.25, 0.3) is 11.4 Å². The van der Waals surface area contributed by atoms with Crippen molar-refractivity contribution in [3.05, 3.63) is 29.2 Å². The van der Waals surface area contributed by atoms with E-state index >= 15 is 0 Å². The highest BCUT2D eigenvalue weighted by Crippen LogP contribution is 2.30. The lowest BCUT2D eigenvalue weighted by Crippen LogP contribution is -2.11. The minimum Gasteiger partial charge on any atom is -0.490 e. The minimum atomic E-state index is 0.201. The number of nitrogens with two attached hydrogens (primary N) is 1. The van der Waals surface area contributed by atoms with Crippen molar-refractivity contribution >= 4 is 0 Å². The van der Waals surface area contributed by atoms with Crippen LogP contribution in [-0.4, -0.2) is 16.2 Å². The zero-order valence-corrected chi connectivity index (χ0v) is 12.4. The second kappa shape index (κ2) is 6.05.